The molecule has 0 aromatic carbocycles. The average molecular weight is 277 g/mol. The Labute approximate surface area is 119 Å². The smallest absolute Gasteiger partial charge is 0.253 e. The molecule has 2 rings (SSSR count). The number of carbonyl (C=O) groups is 1. The van der Waals surface area contributed by atoms with E-state index in [4.69, 9.17) is 0 Å². The minimum absolute atomic E-state index is 0.0143. The lowest BCUT2D eigenvalue weighted by Crippen LogP contribution is -2.54. The van der Waals surface area contributed by atoms with Gasteiger partial charge < -0.3 is 10.4 Å². The second kappa shape index (κ2) is 5.87. The van der Waals surface area contributed by atoms with Crippen LogP contribution in [0, 0.1) is 19.8 Å². The number of hydrogen-bond acceptors (Lipinski definition) is 4. The number of aliphatic hydroxyl groups excluding tert-OH is 1. The Hall–Kier alpha value is -1.49. The number of nitrogens with one attached hydrogen (secondary N) is 1. The van der Waals surface area contributed by atoms with Crippen molar-refractivity contribution < 1.29 is 9.90 Å². The van der Waals surface area contributed by atoms with Gasteiger partial charge in [-0.15, -0.1) is 0 Å². The van der Waals surface area contributed by atoms with Crippen LogP contribution in [0.4, 0.5) is 0 Å². The summed E-state index contributed by atoms with van der Waals surface area (Å²) in [5, 5.41) is 20.7. The number of aromatic nitrogens is 2. The molecule has 1 heterocycles. The van der Waals surface area contributed by atoms with E-state index in [2.05, 4.69) is 22.4 Å². The third-order valence-corrected chi connectivity index (χ3v) is 4.12. The van der Waals surface area contributed by atoms with Crippen molar-refractivity contribution in [3.8, 4) is 0 Å². The Morgan fingerprint density at radius 1 is 1.50 bits per heavy atom. The Kier molecular flexibility index (Phi) is 4.38. The number of aliphatic hydroxyl groups is 1. The molecule has 0 radical (unpaired) electrons. The van der Waals surface area contributed by atoms with Crippen molar-refractivity contribution in [2.75, 3.05) is 6.61 Å². The summed E-state index contributed by atoms with van der Waals surface area (Å²) < 4.78 is 0. The highest BCUT2D eigenvalue weighted by atomic mass is 16.3. The van der Waals surface area contributed by atoms with Crippen molar-refractivity contribution >= 4 is 5.91 Å². The summed E-state index contributed by atoms with van der Waals surface area (Å²) in [6.07, 6.45) is 3.85. The normalized spacial score (nSPS) is 26.3. The maximum absolute atomic E-state index is 12.5. The van der Waals surface area contributed by atoms with Gasteiger partial charge in [-0.3, -0.25) is 4.79 Å². The van der Waals surface area contributed by atoms with Crippen LogP contribution in [0.15, 0.2) is 6.07 Å². The zero-order valence-electron chi connectivity index (χ0n) is 12.4. The molecule has 0 bridgehead atoms. The van der Waals surface area contributed by atoms with Crippen LogP contribution >= 0.6 is 0 Å². The van der Waals surface area contributed by atoms with Crippen molar-refractivity contribution in [3.05, 3.63) is 23.0 Å². The zero-order valence-corrected chi connectivity index (χ0v) is 12.4. The van der Waals surface area contributed by atoms with Crippen molar-refractivity contribution in [2.24, 2.45) is 5.92 Å². The summed E-state index contributed by atoms with van der Waals surface area (Å²) in [6, 6.07) is 1.75. The van der Waals surface area contributed by atoms with Gasteiger partial charge in [0.25, 0.3) is 5.91 Å². The topological polar surface area (TPSA) is 75.1 Å². The van der Waals surface area contributed by atoms with Crippen LogP contribution in [0.1, 0.15) is 54.4 Å². The molecule has 0 spiro atoms. The Balaban J connectivity index is 2.19. The monoisotopic (exact) mass is 277 g/mol. The van der Waals surface area contributed by atoms with Gasteiger partial charge in [-0.05, 0) is 38.7 Å². The quantitative estimate of drug-likeness (QED) is 0.883. The molecule has 1 saturated carbocycles. The van der Waals surface area contributed by atoms with Crippen LogP contribution in [0.3, 0.4) is 0 Å². The van der Waals surface area contributed by atoms with E-state index < -0.39 is 5.54 Å². The average Bonchev–Trinajstić information content (AvgIpc) is 2.41. The van der Waals surface area contributed by atoms with E-state index in [0.717, 1.165) is 31.4 Å². The third-order valence-electron chi connectivity index (χ3n) is 4.12. The highest BCUT2D eigenvalue weighted by molar-refractivity contribution is 5.95. The first-order chi connectivity index (χ1) is 9.46. The first-order valence-electron chi connectivity index (χ1n) is 7.20. The van der Waals surface area contributed by atoms with Crippen molar-refractivity contribution in [3.63, 3.8) is 0 Å². The molecule has 2 atom stereocenters. The second-order valence-corrected chi connectivity index (χ2v) is 6.08. The number of rotatable bonds is 3. The van der Waals surface area contributed by atoms with Crippen LogP contribution in [0.5, 0.6) is 0 Å². The van der Waals surface area contributed by atoms with Crippen LogP contribution in [0.25, 0.3) is 0 Å². The Morgan fingerprint density at radius 3 is 2.90 bits per heavy atom. The molecule has 1 aliphatic carbocycles. The standard InChI is InChI=1S/C15H23N3O2/c1-10-5-4-6-15(8-10,9-19)16-14(20)13-7-11(2)17-18-12(13)3/h7,10,19H,4-6,8-9H2,1-3H3,(H,16,20). The molecule has 1 aromatic rings. The summed E-state index contributed by atoms with van der Waals surface area (Å²) in [5.74, 6) is 0.359. The number of amides is 1. The summed E-state index contributed by atoms with van der Waals surface area (Å²) in [7, 11) is 0. The van der Waals surface area contributed by atoms with Gasteiger partial charge in [0.2, 0.25) is 0 Å². The summed E-state index contributed by atoms with van der Waals surface area (Å²) >= 11 is 0. The summed E-state index contributed by atoms with van der Waals surface area (Å²) in [6.45, 7) is 5.74. The molecule has 5 nitrogen and oxygen atoms in total. The molecule has 1 amide bonds. The molecule has 5 heteroatoms. The van der Waals surface area contributed by atoms with Crippen LogP contribution in [0.2, 0.25) is 0 Å². The minimum atomic E-state index is -0.488. The van der Waals surface area contributed by atoms with E-state index in [1.54, 1.807) is 13.0 Å². The molecule has 1 aromatic heterocycles. The van der Waals surface area contributed by atoms with Gasteiger partial charge in [-0.2, -0.15) is 10.2 Å². The fraction of sp³-hybridized carbons (Fsp3) is 0.667. The third kappa shape index (κ3) is 3.15. The SMILES string of the molecule is Cc1cc(C(=O)NC2(CO)CCCC(C)C2)c(C)nn1. The van der Waals surface area contributed by atoms with Gasteiger partial charge in [-0.1, -0.05) is 19.8 Å². The van der Waals surface area contributed by atoms with E-state index in [1.165, 1.54) is 0 Å². The van der Waals surface area contributed by atoms with Gasteiger partial charge in [-0.25, -0.2) is 0 Å². The maximum Gasteiger partial charge on any atom is 0.253 e. The molecule has 0 saturated heterocycles. The van der Waals surface area contributed by atoms with E-state index in [9.17, 15) is 9.90 Å². The lowest BCUT2D eigenvalue weighted by Gasteiger charge is -2.39. The fourth-order valence-electron chi connectivity index (χ4n) is 3.04. The van der Waals surface area contributed by atoms with Crippen molar-refractivity contribution in [1.82, 2.24) is 15.5 Å². The molecular weight excluding hydrogens is 254 g/mol. The molecule has 110 valence electrons. The van der Waals surface area contributed by atoms with Gasteiger partial charge >= 0.3 is 0 Å². The predicted molar refractivity (Wildman–Crippen MR) is 76.4 cm³/mol. The van der Waals surface area contributed by atoms with Gasteiger partial charge in [0.05, 0.1) is 29.1 Å². The van der Waals surface area contributed by atoms with E-state index in [-0.39, 0.29) is 12.5 Å². The first-order valence-corrected chi connectivity index (χ1v) is 7.20. The van der Waals surface area contributed by atoms with Crippen molar-refractivity contribution in [1.29, 1.82) is 0 Å². The highest BCUT2D eigenvalue weighted by Crippen LogP contribution is 2.32. The molecule has 20 heavy (non-hydrogen) atoms. The molecule has 1 fully saturated rings. The first kappa shape index (κ1) is 14.9. The van der Waals surface area contributed by atoms with E-state index >= 15 is 0 Å². The molecule has 0 aliphatic heterocycles. The van der Waals surface area contributed by atoms with E-state index in [1.807, 2.05) is 6.92 Å². The lowest BCUT2D eigenvalue weighted by atomic mass is 9.76. The molecule has 2 unspecified atom stereocenters. The summed E-state index contributed by atoms with van der Waals surface area (Å²) in [4.78, 5) is 12.5. The van der Waals surface area contributed by atoms with E-state index in [0.29, 0.717) is 17.2 Å². The largest absolute Gasteiger partial charge is 0.394 e. The van der Waals surface area contributed by atoms with Crippen LogP contribution < -0.4 is 5.32 Å². The number of hydrogen-bond donors (Lipinski definition) is 2. The summed E-state index contributed by atoms with van der Waals surface area (Å²) in [5.41, 5.74) is 1.39. The highest BCUT2D eigenvalue weighted by Gasteiger charge is 2.36. The lowest BCUT2D eigenvalue weighted by molar-refractivity contribution is 0.0696. The molecule has 2 N–H and O–H groups in total. The Morgan fingerprint density at radius 2 is 2.25 bits per heavy atom. The second-order valence-electron chi connectivity index (χ2n) is 6.08. The number of carbonyl (C=O) groups excluding carboxylic acids is 1. The van der Waals surface area contributed by atoms with Gasteiger partial charge in [0, 0.05) is 0 Å². The van der Waals surface area contributed by atoms with Gasteiger partial charge in [0.15, 0.2) is 0 Å². The Bertz CT molecular complexity index is 504. The predicted octanol–water partition coefficient (Wildman–Crippen LogP) is 1.76. The number of nitrogens with zero attached hydrogens (tertiary/aromatic N) is 2. The van der Waals surface area contributed by atoms with Crippen LogP contribution in [-0.4, -0.2) is 33.4 Å². The fourth-order valence-corrected chi connectivity index (χ4v) is 3.04. The molecule has 1 aliphatic rings. The van der Waals surface area contributed by atoms with Gasteiger partial charge in [0.1, 0.15) is 0 Å². The maximum atomic E-state index is 12.5. The number of aryl methyl sites for hydroxylation is 2. The molecular formula is C15H23N3O2. The minimum Gasteiger partial charge on any atom is -0.394 e. The van der Waals surface area contributed by atoms with Crippen LogP contribution in [-0.2, 0) is 0 Å². The van der Waals surface area contributed by atoms with Crippen molar-refractivity contribution in [2.45, 2.75) is 52.0 Å². The zero-order chi connectivity index (χ0) is 14.8.